The molecule has 2 aromatic rings. The first-order valence-electron chi connectivity index (χ1n) is 16.2. The number of likely N-dealkylation sites (N-methyl/N-ethyl adjacent to an activating group) is 1. The molecule has 3 aliphatic rings. The number of hydrogen-bond donors (Lipinski definition) is 1. The van der Waals surface area contributed by atoms with Gasteiger partial charge in [0.2, 0.25) is 5.69 Å². The quantitative estimate of drug-likeness (QED) is 0.288. The fraction of sp³-hybridized carbons (Fsp3) is 0.436. The van der Waals surface area contributed by atoms with Crippen LogP contribution in [0.4, 0.5) is 11.4 Å². The van der Waals surface area contributed by atoms with Gasteiger partial charge in [0.15, 0.2) is 5.71 Å². The highest BCUT2D eigenvalue weighted by molar-refractivity contribution is 8.03. The predicted molar refractivity (Wildman–Crippen MR) is 188 cm³/mol. The summed E-state index contributed by atoms with van der Waals surface area (Å²) in [5.74, 6) is -0.172. The van der Waals surface area contributed by atoms with Crippen molar-refractivity contribution in [2.75, 3.05) is 23.7 Å². The van der Waals surface area contributed by atoms with Crippen LogP contribution in [0, 0.1) is 13.8 Å². The molecule has 2 heterocycles. The van der Waals surface area contributed by atoms with Crippen molar-refractivity contribution in [2.45, 2.75) is 91.9 Å². The summed E-state index contributed by atoms with van der Waals surface area (Å²) in [4.78, 5) is 15.2. The van der Waals surface area contributed by atoms with E-state index in [1.165, 1.54) is 61.1 Å². The summed E-state index contributed by atoms with van der Waals surface area (Å²) in [5, 5.41) is 9.43. The number of allylic oxidation sites excluding steroid dienone is 7. The monoisotopic (exact) mass is 609 g/mol. The summed E-state index contributed by atoms with van der Waals surface area (Å²) in [6.45, 7) is 20.0. The number of hydrogen-bond acceptors (Lipinski definition) is 3. The van der Waals surface area contributed by atoms with E-state index in [1.807, 2.05) is 0 Å². The van der Waals surface area contributed by atoms with Crippen molar-refractivity contribution >= 4 is 34.8 Å². The largest absolute Gasteiger partial charge is 0.481 e. The van der Waals surface area contributed by atoms with Crippen LogP contribution in [0.25, 0.3) is 0 Å². The first-order valence-corrected chi connectivity index (χ1v) is 17.2. The van der Waals surface area contributed by atoms with Gasteiger partial charge in [-0.2, -0.15) is 4.58 Å². The number of carboxylic acid groups (broad SMARTS) is 1. The smallest absolute Gasteiger partial charge is 0.304 e. The van der Waals surface area contributed by atoms with Crippen molar-refractivity contribution in [2.24, 2.45) is 0 Å². The van der Waals surface area contributed by atoms with Gasteiger partial charge in [-0.05, 0) is 95.7 Å². The molecule has 0 atom stereocenters. The average molecular weight is 610 g/mol. The van der Waals surface area contributed by atoms with E-state index in [9.17, 15) is 9.90 Å². The van der Waals surface area contributed by atoms with Crippen molar-refractivity contribution in [3.63, 3.8) is 0 Å². The fourth-order valence-corrected chi connectivity index (χ4v) is 8.46. The molecular weight excluding hydrogens is 561 g/mol. The third-order valence-electron chi connectivity index (χ3n) is 9.65. The number of rotatable bonds is 9. The summed E-state index contributed by atoms with van der Waals surface area (Å²) in [7, 11) is 0. The topological polar surface area (TPSA) is 43.5 Å². The lowest BCUT2D eigenvalue weighted by molar-refractivity contribution is -0.433. The summed E-state index contributed by atoms with van der Waals surface area (Å²) in [6, 6.07) is 13.6. The normalized spacial score (nSPS) is 20.8. The van der Waals surface area contributed by atoms with Gasteiger partial charge in [0.1, 0.15) is 6.54 Å². The highest BCUT2D eigenvalue weighted by Crippen LogP contribution is 2.48. The van der Waals surface area contributed by atoms with E-state index in [4.69, 9.17) is 0 Å². The second-order valence-corrected chi connectivity index (χ2v) is 14.5. The van der Waals surface area contributed by atoms with Crippen molar-refractivity contribution < 1.29 is 14.5 Å². The molecular formula is C39H49N2O2S+. The number of anilines is 1. The van der Waals surface area contributed by atoms with Crippen molar-refractivity contribution in [1.29, 1.82) is 0 Å². The predicted octanol–water partition coefficient (Wildman–Crippen LogP) is 9.53. The number of thioether (sulfide) groups is 1. The first kappa shape index (κ1) is 32.1. The number of benzene rings is 2. The lowest BCUT2D eigenvalue weighted by Gasteiger charge is -2.26. The molecule has 2 aromatic carbocycles. The van der Waals surface area contributed by atoms with Gasteiger partial charge in [-0.3, -0.25) is 4.79 Å². The molecule has 0 radical (unpaired) electrons. The third-order valence-corrected chi connectivity index (χ3v) is 10.9. The zero-order chi connectivity index (χ0) is 31.8. The van der Waals surface area contributed by atoms with Gasteiger partial charge in [0.05, 0.1) is 11.8 Å². The maximum absolute atomic E-state index is 11.5. The van der Waals surface area contributed by atoms with Gasteiger partial charge >= 0.3 is 5.97 Å². The molecule has 0 spiro atoms. The first-order chi connectivity index (χ1) is 20.9. The molecule has 44 heavy (non-hydrogen) atoms. The lowest BCUT2D eigenvalue weighted by atomic mass is 9.80. The number of nitrogens with zero attached hydrogens (tertiary/aromatic N) is 2. The molecule has 5 heteroatoms. The SMILES string of the molecule is CCN1/C(=C/C=C2\CCCC(/C=C/C3=[N+](CC)c4ccc(C)cc4C3(C)C)=C2SCCC(=O)O)C(C)(C)c2cc(C)ccc21. The van der Waals surface area contributed by atoms with Crippen molar-refractivity contribution in [3.05, 3.63) is 105 Å². The Labute approximate surface area is 269 Å². The van der Waals surface area contributed by atoms with Crippen LogP contribution in [-0.2, 0) is 15.6 Å². The van der Waals surface area contributed by atoms with Crippen LogP contribution >= 0.6 is 11.8 Å². The van der Waals surface area contributed by atoms with Crippen LogP contribution in [0.1, 0.15) is 89.5 Å². The summed E-state index contributed by atoms with van der Waals surface area (Å²) in [5.41, 5.74) is 13.1. The Morgan fingerprint density at radius 1 is 0.955 bits per heavy atom. The molecule has 4 nitrogen and oxygen atoms in total. The Balaban J connectivity index is 1.56. The van der Waals surface area contributed by atoms with Crippen LogP contribution in [0.2, 0.25) is 0 Å². The molecule has 0 aromatic heterocycles. The van der Waals surface area contributed by atoms with Gasteiger partial charge in [-0.25, -0.2) is 0 Å². The maximum atomic E-state index is 11.5. The third kappa shape index (κ3) is 5.88. The van der Waals surface area contributed by atoms with E-state index in [0.29, 0.717) is 5.75 Å². The van der Waals surface area contributed by atoms with Crippen LogP contribution in [0.15, 0.2) is 82.5 Å². The summed E-state index contributed by atoms with van der Waals surface area (Å²) >= 11 is 1.71. The van der Waals surface area contributed by atoms with Crippen molar-refractivity contribution in [3.8, 4) is 0 Å². The van der Waals surface area contributed by atoms with Crippen LogP contribution in [0.5, 0.6) is 0 Å². The van der Waals surface area contributed by atoms with E-state index in [1.54, 1.807) is 11.8 Å². The van der Waals surface area contributed by atoms with Gasteiger partial charge in [-0.15, -0.1) is 11.8 Å². The molecule has 0 saturated heterocycles. The summed E-state index contributed by atoms with van der Waals surface area (Å²) < 4.78 is 2.45. The maximum Gasteiger partial charge on any atom is 0.304 e. The number of carbonyl (C=O) groups is 1. The molecule has 2 aliphatic heterocycles. The minimum absolute atomic E-state index is 0.0895. The van der Waals surface area contributed by atoms with E-state index >= 15 is 0 Å². The van der Waals surface area contributed by atoms with E-state index in [2.05, 4.69) is 126 Å². The van der Waals surface area contributed by atoms with E-state index < -0.39 is 5.97 Å². The zero-order valence-electron chi connectivity index (χ0n) is 27.9. The minimum atomic E-state index is -0.743. The second-order valence-electron chi connectivity index (χ2n) is 13.4. The minimum Gasteiger partial charge on any atom is -0.481 e. The van der Waals surface area contributed by atoms with Gasteiger partial charge < -0.3 is 10.0 Å². The highest BCUT2D eigenvalue weighted by atomic mass is 32.2. The molecule has 232 valence electrons. The Morgan fingerprint density at radius 2 is 1.66 bits per heavy atom. The fourth-order valence-electron chi connectivity index (χ4n) is 7.27. The Hall–Kier alpha value is -3.31. The van der Waals surface area contributed by atoms with Crippen LogP contribution in [0.3, 0.4) is 0 Å². The molecule has 0 saturated carbocycles. The molecule has 0 bridgehead atoms. The summed E-state index contributed by atoms with van der Waals surface area (Å²) in [6.07, 6.45) is 12.6. The van der Waals surface area contributed by atoms with Gasteiger partial charge in [0, 0.05) is 51.7 Å². The van der Waals surface area contributed by atoms with Gasteiger partial charge in [0.25, 0.3) is 0 Å². The van der Waals surface area contributed by atoms with E-state index in [-0.39, 0.29) is 17.3 Å². The van der Waals surface area contributed by atoms with E-state index in [0.717, 1.165) is 32.4 Å². The standard InChI is InChI=1S/C39H48N2O2S/c1-9-40-32-18-14-26(3)24-30(32)38(5,6)34(40)20-16-28-12-11-13-29(37(28)44-23-22-36(42)43)17-21-35-39(7,8)31-25-27(4)15-19-33(31)41(35)10-2/h14-21,24-25H,9-13,22-23H2,1-8H3/p+1. The molecule has 1 aliphatic carbocycles. The Bertz CT molecular complexity index is 1630. The number of aliphatic carboxylic acids is 1. The molecule has 0 amide bonds. The molecule has 1 N–H and O–H groups in total. The van der Waals surface area contributed by atoms with Crippen LogP contribution in [-0.4, -0.2) is 40.2 Å². The van der Waals surface area contributed by atoms with Crippen LogP contribution < -0.4 is 4.90 Å². The number of aryl methyl sites for hydroxylation is 2. The highest BCUT2D eigenvalue weighted by Gasteiger charge is 2.44. The van der Waals surface area contributed by atoms with Gasteiger partial charge in [-0.1, -0.05) is 55.3 Å². The molecule has 0 unspecified atom stereocenters. The van der Waals surface area contributed by atoms with Crippen molar-refractivity contribution in [1.82, 2.24) is 0 Å². The Kier molecular flexibility index (Phi) is 9.18. The second kappa shape index (κ2) is 12.6. The average Bonchev–Trinajstić information content (AvgIpc) is 3.32. The zero-order valence-corrected chi connectivity index (χ0v) is 28.7. The molecule has 5 rings (SSSR count). The molecule has 0 fully saturated rings. The lowest BCUT2D eigenvalue weighted by Crippen LogP contribution is -2.27. The Morgan fingerprint density at radius 3 is 2.34 bits per heavy atom. The number of fused-ring (bicyclic) bond motifs is 2. The number of carboxylic acids is 1.